The molecule has 0 saturated heterocycles. The van der Waals surface area contributed by atoms with Crippen LogP contribution in [0.2, 0.25) is 0 Å². The van der Waals surface area contributed by atoms with Crippen LogP contribution in [0.1, 0.15) is 25.8 Å². The molecule has 0 unspecified atom stereocenters. The van der Waals surface area contributed by atoms with Crippen LogP contribution in [-0.2, 0) is 11.2 Å². The number of anilines is 1. The Morgan fingerprint density at radius 3 is 2.80 bits per heavy atom. The number of carbonyl (C=O) groups is 1. The molecule has 1 aromatic rings. The van der Waals surface area contributed by atoms with Gasteiger partial charge in [-0.1, -0.05) is 13.8 Å². The number of pyridine rings is 1. The maximum Gasteiger partial charge on any atom is 0.303 e. The van der Waals surface area contributed by atoms with Gasteiger partial charge in [0, 0.05) is 18.1 Å². The molecular weight excluding hydrogens is 192 g/mol. The molecular formula is C11H16N2O2. The zero-order valence-electron chi connectivity index (χ0n) is 9.03. The smallest absolute Gasteiger partial charge is 0.303 e. The largest absolute Gasteiger partial charge is 0.481 e. The van der Waals surface area contributed by atoms with Crippen LogP contribution in [0.5, 0.6) is 0 Å². The van der Waals surface area contributed by atoms with Crippen molar-refractivity contribution in [2.45, 2.75) is 26.7 Å². The third kappa shape index (κ3) is 3.58. The van der Waals surface area contributed by atoms with Crippen LogP contribution >= 0.6 is 0 Å². The topological polar surface area (TPSA) is 76.2 Å². The van der Waals surface area contributed by atoms with E-state index in [0.717, 1.165) is 5.56 Å². The summed E-state index contributed by atoms with van der Waals surface area (Å²) in [6.45, 7) is 3.82. The van der Waals surface area contributed by atoms with E-state index in [0.29, 0.717) is 12.1 Å². The zero-order chi connectivity index (χ0) is 11.5. The Balaban J connectivity index is 2.77. The van der Waals surface area contributed by atoms with E-state index in [2.05, 4.69) is 4.98 Å². The molecule has 0 fully saturated rings. The number of carboxylic acids is 1. The third-order valence-corrected chi connectivity index (χ3v) is 2.24. The summed E-state index contributed by atoms with van der Waals surface area (Å²) in [5.74, 6) is -0.789. The van der Waals surface area contributed by atoms with E-state index in [4.69, 9.17) is 10.8 Å². The predicted molar refractivity (Wildman–Crippen MR) is 58.4 cm³/mol. The van der Waals surface area contributed by atoms with Crippen LogP contribution in [0.25, 0.3) is 0 Å². The lowest BCUT2D eigenvalue weighted by atomic mass is 9.83. The van der Waals surface area contributed by atoms with E-state index in [1.165, 1.54) is 0 Å². The fourth-order valence-corrected chi connectivity index (χ4v) is 1.57. The molecule has 3 N–H and O–H groups in total. The van der Waals surface area contributed by atoms with Crippen molar-refractivity contribution in [1.82, 2.24) is 4.98 Å². The van der Waals surface area contributed by atoms with Gasteiger partial charge < -0.3 is 10.8 Å². The minimum absolute atomic E-state index is 0.126. The van der Waals surface area contributed by atoms with Crippen molar-refractivity contribution < 1.29 is 9.90 Å². The first-order valence-corrected chi connectivity index (χ1v) is 4.81. The summed E-state index contributed by atoms with van der Waals surface area (Å²) >= 11 is 0. The van der Waals surface area contributed by atoms with Crippen LogP contribution in [0, 0.1) is 5.41 Å². The lowest BCUT2D eigenvalue weighted by Crippen LogP contribution is -2.20. The number of nitrogen functional groups attached to an aromatic ring is 1. The lowest BCUT2D eigenvalue weighted by molar-refractivity contribution is -0.139. The van der Waals surface area contributed by atoms with Crippen LogP contribution in [0.3, 0.4) is 0 Å². The molecule has 0 aliphatic rings. The van der Waals surface area contributed by atoms with Crippen LogP contribution in [-0.4, -0.2) is 16.1 Å². The number of nitrogens with zero attached hydrogens (tertiary/aromatic N) is 1. The Labute approximate surface area is 89.1 Å². The van der Waals surface area contributed by atoms with Crippen LogP contribution in [0.15, 0.2) is 18.5 Å². The Hall–Kier alpha value is -1.58. The van der Waals surface area contributed by atoms with E-state index >= 15 is 0 Å². The van der Waals surface area contributed by atoms with Gasteiger partial charge in [-0.05, 0) is 23.5 Å². The molecule has 4 nitrogen and oxygen atoms in total. The van der Waals surface area contributed by atoms with Crippen molar-refractivity contribution in [2.24, 2.45) is 5.41 Å². The maximum absolute atomic E-state index is 10.6. The molecule has 1 rings (SSSR count). The van der Waals surface area contributed by atoms with Crippen molar-refractivity contribution >= 4 is 11.7 Å². The number of hydrogen-bond donors (Lipinski definition) is 2. The fraction of sp³-hybridized carbons (Fsp3) is 0.455. The molecule has 1 heterocycles. The first kappa shape index (κ1) is 11.5. The number of aliphatic carboxylic acids is 1. The molecule has 0 aromatic carbocycles. The van der Waals surface area contributed by atoms with Crippen molar-refractivity contribution in [3.63, 3.8) is 0 Å². The maximum atomic E-state index is 10.6. The van der Waals surface area contributed by atoms with Crippen LogP contribution in [0.4, 0.5) is 5.69 Å². The van der Waals surface area contributed by atoms with E-state index in [-0.39, 0.29) is 11.8 Å². The van der Waals surface area contributed by atoms with Crippen molar-refractivity contribution in [1.29, 1.82) is 0 Å². The quantitative estimate of drug-likeness (QED) is 0.789. The van der Waals surface area contributed by atoms with Crippen molar-refractivity contribution in [2.75, 3.05) is 5.73 Å². The molecule has 0 saturated carbocycles. The average molecular weight is 208 g/mol. The number of aromatic nitrogens is 1. The van der Waals surface area contributed by atoms with Gasteiger partial charge in [0.1, 0.15) is 0 Å². The highest BCUT2D eigenvalue weighted by atomic mass is 16.4. The number of hydrogen-bond acceptors (Lipinski definition) is 3. The molecule has 0 bridgehead atoms. The van der Waals surface area contributed by atoms with E-state index in [1.807, 2.05) is 13.8 Å². The molecule has 0 radical (unpaired) electrons. The summed E-state index contributed by atoms with van der Waals surface area (Å²) in [7, 11) is 0. The average Bonchev–Trinajstić information content (AvgIpc) is 2.06. The summed E-state index contributed by atoms with van der Waals surface area (Å²) in [5.41, 5.74) is 7.04. The van der Waals surface area contributed by atoms with Gasteiger partial charge in [0.05, 0.1) is 6.42 Å². The highest BCUT2D eigenvalue weighted by molar-refractivity contribution is 5.67. The number of carboxylic acid groups (broad SMARTS) is 1. The molecule has 0 amide bonds. The summed E-state index contributed by atoms with van der Waals surface area (Å²) in [5, 5.41) is 8.75. The fourth-order valence-electron chi connectivity index (χ4n) is 1.57. The molecule has 82 valence electrons. The van der Waals surface area contributed by atoms with Crippen molar-refractivity contribution in [3.8, 4) is 0 Å². The van der Waals surface area contributed by atoms with Gasteiger partial charge in [0.2, 0.25) is 0 Å². The van der Waals surface area contributed by atoms with E-state index in [1.54, 1.807) is 18.5 Å². The second kappa shape index (κ2) is 4.29. The molecule has 0 aliphatic carbocycles. The van der Waals surface area contributed by atoms with Gasteiger partial charge in [-0.15, -0.1) is 0 Å². The summed E-state index contributed by atoms with van der Waals surface area (Å²) in [6.07, 6.45) is 4.07. The van der Waals surface area contributed by atoms with E-state index < -0.39 is 5.97 Å². The highest BCUT2D eigenvalue weighted by Gasteiger charge is 2.23. The molecule has 4 heteroatoms. The second-order valence-corrected chi connectivity index (χ2v) is 4.49. The van der Waals surface area contributed by atoms with Gasteiger partial charge >= 0.3 is 5.97 Å². The molecule has 15 heavy (non-hydrogen) atoms. The Morgan fingerprint density at radius 2 is 2.27 bits per heavy atom. The standard InChI is InChI=1S/C11H16N2O2/c1-11(2,6-10(14)15)5-8-7-13-4-3-9(8)12/h3-4,7H,5-6H2,1-2H3,(H2,12,13)(H,14,15). The second-order valence-electron chi connectivity index (χ2n) is 4.49. The Kier molecular flexibility index (Phi) is 3.29. The minimum atomic E-state index is -0.789. The number of nitrogens with two attached hydrogens (primary N) is 1. The predicted octanol–water partition coefficient (Wildman–Crippen LogP) is 1.71. The van der Waals surface area contributed by atoms with Gasteiger partial charge in [-0.3, -0.25) is 9.78 Å². The molecule has 1 aromatic heterocycles. The molecule has 0 aliphatic heterocycles. The number of rotatable bonds is 4. The van der Waals surface area contributed by atoms with E-state index in [9.17, 15) is 4.79 Å². The zero-order valence-corrected chi connectivity index (χ0v) is 9.03. The molecule has 0 spiro atoms. The first-order valence-electron chi connectivity index (χ1n) is 4.81. The lowest BCUT2D eigenvalue weighted by Gasteiger charge is -2.22. The van der Waals surface area contributed by atoms with Gasteiger partial charge in [0.15, 0.2) is 0 Å². The van der Waals surface area contributed by atoms with Gasteiger partial charge in [0.25, 0.3) is 0 Å². The van der Waals surface area contributed by atoms with Gasteiger partial charge in [-0.25, -0.2) is 0 Å². The summed E-state index contributed by atoms with van der Waals surface area (Å²) in [6, 6.07) is 1.73. The van der Waals surface area contributed by atoms with Crippen molar-refractivity contribution in [3.05, 3.63) is 24.0 Å². The molecule has 0 atom stereocenters. The Bertz CT molecular complexity index is 361. The highest BCUT2D eigenvalue weighted by Crippen LogP contribution is 2.27. The first-order chi connectivity index (χ1) is 6.91. The normalized spacial score (nSPS) is 11.3. The summed E-state index contributed by atoms with van der Waals surface area (Å²) in [4.78, 5) is 14.6. The van der Waals surface area contributed by atoms with Gasteiger partial charge in [-0.2, -0.15) is 0 Å². The van der Waals surface area contributed by atoms with Crippen LogP contribution < -0.4 is 5.73 Å². The monoisotopic (exact) mass is 208 g/mol. The Morgan fingerprint density at radius 1 is 1.60 bits per heavy atom. The minimum Gasteiger partial charge on any atom is -0.481 e. The summed E-state index contributed by atoms with van der Waals surface area (Å²) < 4.78 is 0. The SMILES string of the molecule is CC(C)(CC(=O)O)Cc1cnccc1N. The third-order valence-electron chi connectivity index (χ3n) is 2.24.